The molecule has 2 atom stereocenters. The summed E-state index contributed by atoms with van der Waals surface area (Å²) in [4.78, 5) is 41.4. The van der Waals surface area contributed by atoms with Crippen LogP contribution in [-0.4, -0.2) is 62.7 Å². The van der Waals surface area contributed by atoms with E-state index in [1.807, 2.05) is 0 Å². The third kappa shape index (κ3) is 4.27. The van der Waals surface area contributed by atoms with Crippen molar-refractivity contribution in [1.82, 2.24) is 4.90 Å². The summed E-state index contributed by atoms with van der Waals surface area (Å²) >= 11 is 0. The number of carbonyl (C=O) groups excluding carboxylic acids is 3. The smallest absolute Gasteiger partial charge is 0.311 e. The summed E-state index contributed by atoms with van der Waals surface area (Å²) in [5.74, 6) is -1.58. The maximum atomic E-state index is 13.1. The Hall–Kier alpha value is -3.73. The molecule has 2 aromatic rings. The zero-order chi connectivity index (χ0) is 24.7. The number of nitrogens with zero attached hydrogens (tertiary/aromatic N) is 3. The number of carbonyl (C=O) groups is 3. The fourth-order valence-corrected chi connectivity index (χ4v) is 5.88. The van der Waals surface area contributed by atoms with Gasteiger partial charge >= 0.3 is 5.97 Å². The van der Waals surface area contributed by atoms with Crippen LogP contribution >= 0.6 is 0 Å². The molecule has 10 nitrogen and oxygen atoms in total. The number of benzene rings is 2. The Bertz CT molecular complexity index is 1360. The minimum Gasteiger partial charge on any atom is -0.452 e. The van der Waals surface area contributed by atoms with Gasteiger partial charge < -0.3 is 15.0 Å². The minimum atomic E-state index is -3.77. The predicted octanol–water partition coefficient (Wildman–Crippen LogP) is 1.76. The molecular formula is C24H24N4O6S. The number of para-hydroxylation sites is 2. The second-order valence-corrected chi connectivity index (χ2v) is 10.3. The zero-order valence-electron chi connectivity index (χ0n) is 19.0. The van der Waals surface area contributed by atoms with E-state index >= 15 is 0 Å². The highest BCUT2D eigenvalue weighted by Gasteiger charge is 2.37. The molecule has 2 aromatic carbocycles. The van der Waals surface area contributed by atoms with E-state index in [0.717, 1.165) is 0 Å². The molecule has 1 N–H and O–H groups in total. The Balaban J connectivity index is 1.28. The van der Waals surface area contributed by atoms with Crippen molar-refractivity contribution in [1.29, 1.82) is 0 Å². The van der Waals surface area contributed by atoms with Gasteiger partial charge in [0, 0.05) is 18.7 Å². The van der Waals surface area contributed by atoms with Crippen LogP contribution in [0, 0.1) is 5.92 Å². The molecule has 1 fully saturated rings. The van der Waals surface area contributed by atoms with Gasteiger partial charge in [-0.05, 0) is 44.0 Å². The highest BCUT2D eigenvalue weighted by Crippen LogP contribution is 2.31. The van der Waals surface area contributed by atoms with Gasteiger partial charge in [0.1, 0.15) is 11.4 Å². The van der Waals surface area contributed by atoms with Crippen molar-refractivity contribution >= 4 is 45.0 Å². The molecule has 0 aromatic heterocycles. The fraction of sp³-hybridized carbons (Fsp3) is 0.333. The first-order valence-electron chi connectivity index (χ1n) is 11.3. The summed E-state index contributed by atoms with van der Waals surface area (Å²) in [6, 6.07) is 13.5. The number of likely N-dealkylation sites (tertiary alicyclic amines) is 1. The Kier molecular flexibility index (Phi) is 5.79. The van der Waals surface area contributed by atoms with E-state index < -0.39 is 33.9 Å². The van der Waals surface area contributed by atoms with E-state index in [0.29, 0.717) is 42.2 Å². The molecular weight excluding hydrogens is 472 g/mol. The summed E-state index contributed by atoms with van der Waals surface area (Å²) < 4.78 is 34.3. The Morgan fingerprint density at radius 3 is 2.71 bits per heavy atom. The number of amidine groups is 1. The number of fused-ring (bicyclic) bond motifs is 2. The third-order valence-corrected chi connectivity index (χ3v) is 7.67. The molecule has 0 bridgehead atoms. The molecule has 1 saturated heterocycles. The number of nitrogens with one attached hydrogen (secondary N) is 1. The lowest BCUT2D eigenvalue weighted by Crippen LogP contribution is -2.48. The number of hydrogen-bond donors (Lipinski definition) is 1. The SMILES string of the molecule is C[C@@H](OC(=O)[C@@H]1CCCN(C2=NS(=O)(=O)c3ccccc32)C1)C(=O)N1CC(=O)Nc2ccccc21. The number of amides is 2. The predicted molar refractivity (Wildman–Crippen MR) is 127 cm³/mol. The lowest BCUT2D eigenvalue weighted by atomic mass is 9.97. The maximum absolute atomic E-state index is 13.1. The van der Waals surface area contributed by atoms with Crippen molar-refractivity contribution < 1.29 is 27.5 Å². The van der Waals surface area contributed by atoms with Crippen LogP contribution in [0.4, 0.5) is 11.4 Å². The molecule has 0 spiro atoms. The summed E-state index contributed by atoms with van der Waals surface area (Å²) in [7, 11) is -3.77. The van der Waals surface area contributed by atoms with Gasteiger partial charge in [-0.2, -0.15) is 8.42 Å². The molecule has 0 radical (unpaired) electrons. The summed E-state index contributed by atoms with van der Waals surface area (Å²) in [6.07, 6.45) is 0.0948. The highest BCUT2D eigenvalue weighted by molar-refractivity contribution is 7.90. The van der Waals surface area contributed by atoms with Crippen molar-refractivity contribution in [2.45, 2.75) is 30.8 Å². The first kappa shape index (κ1) is 23.0. The van der Waals surface area contributed by atoms with Crippen LogP contribution in [0.25, 0.3) is 0 Å². The lowest BCUT2D eigenvalue weighted by molar-refractivity contribution is -0.159. The normalized spacial score (nSPS) is 21.3. The van der Waals surface area contributed by atoms with Crippen molar-refractivity contribution in [3.8, 4) is 0 Å². The molecule has 35 heavy (non-hydrogen) atoms. The van der Waals surface area contributed by atoms with E-state index in [1.165, 1.54) is 17.9 Å². The number of anilines is 2. The number of ether oxygens (including phenoxy) is 1. The highest BCUT2D eigenvalue weighted by atomic mass is 32.2. The second kappa shape index (κ2) is 8.81. The monoisotopic (exact) mass is 496 g/mol. The van der Waals surface area contributed by atoms with Crippen LogP contribution in [0.3, 0.4) is 0 Å². The standard InChI is InChI=1S/C24H24N4O6S/c1-15(23(30)28-14-21(29)25-18-9-3-4-10-19(18)28)34-24(31)16-7-6-12-27(13-16)22-17-8-2-5-11-20(17)35(32,33)26-22/h2-5,8-11,15-16H,6-7,12-14H2,1H3,(H,25,29)/t15-,16-/m1/s1. The molecule has 0 saturated carbocycles. The average Bonchev–Trinajstić information content (AvgIpc) is 3.14. The lowest BCUT2D eigenvalue weighted by Gasteiger charge is -2.34. The van der Waals surface area contributed by atoms with Crippen LogP contribution in [-0.2, 0) is 29.1 Å². The van der Waals surface area contributed by atoms with Crippen molar-refractivity contribution in [3.63, 3.8) is 0 Å². The molecule has 3 aliphatic rings. The third-order valence-electron chi connectivity index (χ3n) is 6.34. The van der Waals surface area contributed by atoms with Gasteiger partial charge in [-0.1, -0.05) is 24.3 Å². The van der Waals surface area contributed by atoms with Crippen molar-refractivity contribution in [2.75, 3.05) is 29.9 Å². The van der Waals surface area contributed by atoms with Crippen LogP contribution < -0.4 is 10.2 Å². The molecule has 182 valence electrons. The van der Waals surface area contributed by atoms with Gasteiger partial charge in [0.05, 0.1) is 17.3 Å². The van der Waals surface area contributed by atoms with Gasteiger partial charge in [0.25, 0.3) is 15.9 Å². The minimum absolute atomic E-state index is 0.157. The Morgan fingerprint density at radius 2 is 1.89 bits per heavy atom. The van der Waals surface area contributed by atoms with Gasteiger partial charge in [-0.25, -0.2) is 0 Å². The van der Waals surface area contributed by atoms with Crippen LogP contribution in [0.1, 0.15) is 25.3 Å². The maximum Gasteiger partial charge on any atom is 0.311 e. The Morgan fingerprint density at radius 1 is 1.14 bits per heavy atom. The summed E-state index contributed by atoms with van der Waals surface area (Å²) in [5, 5.41) is 2.72. The number of esters is 1. The zero-order valence-corrected chi connectivity index (χ0v) is 19.8. The molecule has 0 unspecified atom stereocenters. The number of sulfonamides is 1. The summed E-state index contributed by atoms with van der Waals surface area (Å²) in [5.41, 5.74) is 1.58. The molecule has 11 heteroatoms. The average molecular weight is 497 g/mol. The van der Waals surface area contributed by atoms with Gasteiger partial charge in [0.15, 0.2) is 11.9 Å². The number of piperidine rings is 1. The first-order chi connectivity index (χ1) is 16.7. The van der Waals surface area contributed by atoms with E-state index in [-0.39, 0.29) is 23.9 Å². The molecule has 3 heterocycles. The number of rotatable bonds is 3. The van der Waals surface area contributed by atoms with Gasteiger partial charge in [0.2, 0.25) is 5.91 Å². The fourth-order valence-electron chi connectivity index (χ4n) is 4.65. The van der Waals surface area contributed by atoms with Crippen molar-refractivity contribution in [3.05, 3.63) is 54.1 Å². The first-order valence-corrected chi connectivity index (χ1v) is 12.8. The van der Waals surface area contributed by atoms with Crippen LogP contribution in [0.2, 0.25) is 0 Å². The molecule has 2 amide bonds. The van der Waals surface area contributed by atoms with Crippen LogP contribution in [0.15, 0.2) is 57.8 Å². The Labute approximate surface area is 202 Å². The topological polar surface area (TPSA) is 125 Å². The quantitative estimate of drug-likeness (QED) is 0.642. The molecule has 0 aliphatic carbocycles. The van der Waals surface area contributed by atoms with E-state index in [1.54, 1.807) is 47.4 Å². The van der Waals surface area contributed by atoms with Gasteiger partial charge in [-0.3, -0.25) is 19.3 Å². The largest absolute Gasteiger partial charge is 0.452 e. The molecule has 5 rings (SSSR count). The van der Waals surface area contributed by atoms with Gasteiger partial charge in [-0.15, -0.1) is 4.40 Å². The summed E-state index contributed by atoms with van der Waals surface area (Å²) in [6.45, 7) is 2.11. The van der Waals surface area contributed by atoms with Crippen LogP contribution in [0.5, 0.6) is 0 Å². The van der Waals surface area contributed by atoms with Crippen molar-refractivity contribution in [2.24, 2.45) is 10.3 Å². The van der Waals surface area contributed by atoms with E-state index in [2.05, 4.69) is 9.71 Å². The number of hydrogen-bond acceptors (Lipinski definition) is 7. The van der Waals surface area contributed by atoms with E-state index in [9.17, 15) is 22.8 Å². The van der Waals surface area contributed by atoms with E-state index in [4.69, 9.17) is 4.74 Å². The molecule has 3 aliphatic heterocycles. The second-order valence-electron chi connectivity index (χ2n) is 8.74.